The van der Waals surface area contributed by atoms with Crippen molar-refractivity contribution in [3.05, 3.63) is 34.9 Å². The van der Waals surface area contributed by atoms with Crippen molar-refractivity contribution in [2.45, 2.75) is 52.6 Å². The zero-order valence-electron chi connectivity index (χ0n) is 12.3. The van der Waals surface area contributed by atoms with Crippen molar-refractivity contribution in [2.24, 2.45) is 0 Å². The molecule has 17 heavy (non-hydrogen) atoms. The van der Waals surface area contributed by atoms with E-state index in [1.807, 2.05) is 0 Å². The van der Waals surface area contributed by atoms with Gasteiger partial charge in [0.25, 0.3) is 0 Å². The van der Waals surface area contributed by atoms with Crippen LogP contribution in [0.25, 0.3) is 0 Å². The van der Waals surface area contributed by atoms with Crippen LogP contribution in [0.2, 0.25) is 32.7 Å². The average molecular weight is 267 g/mol. The second-order valence-electron chi connectivity index (χ2n) is 6.57. The summed E-state index contributed by atoms with van der Waals surface area (Å²) in [6.07, 6.45) is 0. The predicted molar refractivity (Wildman–Crippen MR) is 81.5 cm³/mol. The highest BCUT2D eigenvalue weighted by Crippen LogP contribution is 2.20. The van der Waals surface area contributed by atoms with Gasteiger partial charge in [-0.15, -0.1) is 0 Å². The molecule has 1 aromatic carbocycles. The lowest BCUT2D eigenvalue weighted by molar-refractivity contribution is 0.548. The first-order valence-corrected chi connectivity index (χ1v) is 12.9. The Morgan fingerprint density at radius 2 is 1.53 bits per heavy atom. The summed E-state index contributed by atoms with van der Waals surface area (Å²) in [6.45, 7) is 15.9. The van der Waals surface area contributed by atoms with E-state index in [4.69, 9.17) is 4.12 Å². The molecule has 1 aromatic rings. The van der Waals surface area contributed by atoms with Crippen molar-refractivity contribution >= 4 is 16.6 Å². The van der Waals surface area contributed by atoms with Crippen molar-refractivity contribution in [3.8, 4) is 0 Å². The monoisotopic (exact) mass is 266 g/mol. The molecule has 0 N–H and O–H groups in total. The summed E-state index contributed by atoms with van der Waals surface area (Å²) in [5, 5.41) is 0. The molecule has 0 aliphatic carbocycles. The normalized spacial score (nSPS) is 12.9. The predicted octanol–water partition coefficient (Wildman–Crippen LogP) is 4.44. The number of hydrogen-bond acceptors (Lipinski definition) is 1. The van der Waals surface area contributed by atoms with Crippen LogP contribution in [-0.4, -0.2) is 16.6 Å². The lowest BCUT2D eigenvalue weighted by Crippen LogP contribution is -2.44. The Balaban J connectivity index is 2.79. The van der Waals surface area contributed by atoms with Gasteiger partial charge in [-0.1, -0.05) is 18.2 Å². The maximum absolute atomic E-state index is 6.38. The fourth-order valence-corrected chi connectivity index (χ4v) is 10.4. The molecular weight excluding hydrogens is 240 g/mol. The lowest BCUT2D eigenvalue weighted by Gasteiger charge is -2.31. The Bertz CT molecular complexity index is 392. The van der Waals surface area contributed by atoms with Gasteiger partial charge in [0, 0.05) is 0 Å². The first-order valence-electron chi connectivity index (χ1n) is 6.35. The number of rotatable bonds is 4. The summed E-state index contributed by atoms with van der Waals surface area (Å²) in [5.74, 6) is 0. The largest absolute Gasteiger partial charge is 0.455 e. The van der Waals surface area contributed by atoms with Gasteiger partial charge in [-0.2, -0.15) is 0 Å². The number of aryl methyl sites for hydroxylation is 2. The average Bonchev–Trinajstić information content (AvgIpc) is 2.06. The van der Waals surface area contributed by atoms with Crippen LogP contribution in [0.4, 0.5) is 0 Å². The van der Waals surface area contributed by atoms with Crippen LogP contribution < -0.4 is 0 Å². The van der Waals surface area contributed by atoms with E-state index in [0.717, 1.165) is 6.04 Å². The summed E-state index contributed by atoms with van der Waals surface area (Å²) in [6, 6.07) is 7.92. The summed E-state index contributed by atoms with van der Waals surface area (Å²) in [5.41, 5.74) is 4.20. The van der Waals surface area contributed by atoms with Crippen molar-refractivity contribution in [1.29, 1.82) is 0 Å². The molecule has 0 unspecified atom stereocenters. The molecule has 1 rings (SSSR count). The Kier molecular flexibility index (Phi) is 4.39. The van der Waals surface area contributed by atoms with E-state index in [2.05, 4.69) is 64.8 Å². The Morgan fingerprint density at radius 1 is 0.941 bits per heavy atom. The molecule has 1 nitrogen and oxygen atoms in total. The minimum absolute atomic E-state index is 1.12. The maximum Gasteiger partial charge on any atom is 0.177 e. The minimum Gasteiger partial charge on any atom is -0.455 e. The Labute approximate surface area is 108 Å². The van der Waals surface area contributed by atoms with Crippen molar-refractivity contribution in [1.82, 2.24) is 0 Å². The van der Waals surface area contributed by atoms with E-state index < -0.39 is 16.6 Å². The van der Waals surface area contributed by atoms with E-state index in [-0.39, 0.29) is 0 Å². The van der Waals surface area contributed by atoms with E-state index >= 15 is 0 Å². The quantitative estimate of drug-likeness (QED) is 0.732. The summed E-state index contributed by atoms with van der Waals surface area (Å²) >= 11 is 0. The first-order chi connectivity index (χ1) is 7.59. The standard InChI is InChI=1S/C14H26OSi2/c1-12-8-9-14(10-13(12)2)11-17(6,7)15-16(3,4)5/h8-10H,11H2,1-7H3. The fraction of sp³-hybridized carbons (Fsp3) is 0.571. The van der Waals surface area contributed by atoms with Crippen LogP contribution in [0.5, 0.6) is 0 Å². The molecule has 0 saturated heterocycles. The summed E-state index contributed by atoms with van der Waals surface area (Å²) < 4.78 is 6.38. The Morgan fingerprint density at radius 3 is 2.00 bits per heavy atom. The second kappa shape index (κ2) is 5.08. The molecule has 0 aliphatic rings. The van der Waals surface area contributed by atoms with Crippen molar-refractivity contribution in [2.75, 3.05) is 0 Å². The molecule has 0 bridgehead atoms. The molecule has 0 fully saturated rings. The second-order valence-corrected chi connectivity index (χ2v) is 15.5. The highest BCUT2D eigenvalue weighted by atomic mass is 28.4. The van der Waals surface area contributed by atoms with Crippen molar-refractivity contribution < 1.29 is 4.12 Å². The molecule has 0 atom stereocenters. The van der Waals surface area contributed by atoms with Gasteiger partial charge < -0.3 is 4.12 Å². The van der Waals surface area contributed by atoms with Gasteiger partial charge in [0.15, 0.2) is 16.6 Å². The molecule has 3 heteroatoms. The topological polar surface area (TPSA) is 9.23 Å². The highest BCUT2D eigenvalue weighted by Gasteiger charge is 2.29. The molecule has 0 aromatic heterocycles. The lowest BCUT2D eigenvalue weighted by atomic mass is 10.1. The van der Waals surface area contributed by atoms with Crippen LogP contribution in [0, 0.1) is 13.8 Å². The highest BCUT2D eigenvalue weighted by molar-refractivity contribution is 6.83. The summed E-state index contributed by atoms with van der Waals surface area (Å²) in [7, 11) is -2.97. The molecular formula is C14H26OSi2. The zero-order chi connectivity index (χ0) is 13.3. The molecule has 96 valence electrons. The van der Waals surface area contributed by atoms with E-state index in [1.165, 1.54) is 16.7 Å². The van der Waals surface area contributed by atoms with Gasteiger partial charge in [0.05, 0.1) is 0 Å². The van der Waals surface area contributed by atoms with Crippen LogP contribution in [0.1, 0.15) is 16.7 Å². The fourth-order valence-electron chi connectivity index (χ4n) is 2.27. The minimum atomic E-state index is -1.56. The third kappa shape index (κ3) is 5.19. The van der Waals surface area contributed by atoms with Crippen LogP contribution in [-0.2, 0) is 10.2 Å². The molecule has 0 heterocycles. The maximum atomic E-state index is 6.38. The molecule has 0 amide bonds. The molecule has 0 radical (unpaired) electrons. The van der Waals surface area contributed by atoms with Crippen LogP contribution in [0.3, 0.4) is 0 Å². The van der Waals surface area contributed by atoms with Gasteiger partial charge in [-0.3, -0.25) is 0 Å². The third-order valence-electron chi connectivity index (χ3n) is 2.78. The zero-order valence-corrected chi connectivity index (χ0v) is 14.3. The first kappa shape index (κ1) is 14.7. The van der Waals surface area contributed by atoms with Crippen LogP contribution >= 0.6 is 0 Å². The molecule has 0 aliphatic heterocycles. The number of hydrogen-bond donors (Lipinski definition) is 0. The SMILES string of the molecule is Cc1ccc(C[Si](C)(C)O[Si](C)(C)C)cc1C. The van der Waals surface area contributed by atoms with E-state index in [9.17, 15) is 0 Å². The number of benzene rings is 1. The van der Waals surface area contributed by atoms with Gasteiger partial charge in [-0.05, 0) is 69.3 Å². The molecule has 0 saturated carbocycles. The Hall–Kier alpha value is -0.386. The van der Waals surface area contributed by atoms with Gasteiger partial charge in [0.2, 0.25) is 0 Å². The summed E-state index contributed by atoms with van der Waals surface area (Å²) in [4.78, 5) is 0. The van der Waals surface area contributed by atoms with E-state index in [1.54, 1.807) is 0 Å². The van der Waals surface area contributed by atoms with Gasteiger partial charge in [-0.25, -0.2) is 0 Å². The third-order valence-corrected chi connectivity index (χ3v) is 8.70. The molecule has 0 spiro atoms. The van der Waals surface area contributed by atoms with Crippen LogP contribution in [0.15, 0.2) is 18.2 Å². The smallest absolute Gasteiger partial charge is 0.177 e. The van der Waals surface area contributed by atoms with Gasteiger partial charge in [0.1, 0.15) is 0 Å². The van der Waals surface area contributed by atoms with E-state index in [0.29, 0.717) is 0 Å². The van der Waals surface area contributed by atoms with Gasteiger partial charge >= 0.3 is 0 Å². The van der Waals surface area contributed by atoms with Crippen molar-refractivity contribution in [3.63, 3.8) is 0 Å².